The third-order valence-corrected chi connectivity index (χ3v) is 6.32. The predicted molar refractivity (Wildman–Crippen MR) is 116 cm³/mol. The van der Waals surface area contributed by atoms with Gasteiger partial charge >= 0.3 is 0 Å². The fourth-order valence-electron chi connectivity index (χ4n) is 4.30. The van der Waals surface area contributed by atoms with Gasteiger partial charge in [-0.3, -0.25) is 9.80 Å². The zero-order valence-electron chi connectivity index (χ0n) is 18.3. The summed E-state index contributed by atoms with van der Waals surface area (Å²) in [6.45, 7) is 10.9. The number of piperazine rings is 1. The molecule has 1 aliphatic carbocycles. The van der Waals surface area contributed by atoms with E-state index in [-0.39, 0.29) is 6.61 Å². The van der Waals surface area contributed by atoms with E-state index in [0.717, 1.165) is 57.6 Å². The Balaban J connectivity index is 1.23. The molecule has 0 aromatic heterocycles. The van der Waals surface area contributed by atoms with Crippen LogP contribution in [-0.2, 0) is 11.3 Å². The first kappa shape index (κ1) is 21.8. The van der Waals surface area contributed by atoms with E-state index in [4.69, 9.17) is 14.2 Å². The minimum Gasteiger partial charge on any atom is -0.493 e. The number of morpholine rings is 1. The molecule has 168 valence electrons. The Bertz CT molecular complexity index is 656. The van der Waals surface area contributed by atoms with Gasteiger partial charge in [0.25, 0.3) is 0 Å². The maximum absolute atomic E-state index is 10.3. The number of rotatable bonds is 10. The van der Waals surface area contributed by atoms with E-state index >= 15 is 0 Å². The van der Waals surface area contributed by atoms with Gasteiger partial charge in [-0.25, -0.2) is 0 Å². The zero-order chi connectivity index (χ0) is 20.8. The zero-order valence-corrected chi connectivity index (χ0v) is 18.3. The molecule has 7 heteroatoms. The van der Waals surface area contributed by atoms with Crippen molar-refractivity contribution in [3.05, 3.63) is 23.8 Å². The Hall–Kier alpha value is -1.38. The Morgan fingerprint density at radius 1 is 1.00 bits per heavy atom. The fraction of sp³-hybridized carbons (Fsp3) is 0.739. The summed E-state index contributed by atoms with van der Waals surface area (Å²) in [6, 6.07) is 6.15. The highest BCUT2D eigenvalue weighted by Gasteiger charge is 2.26. The summed E-state index contributed by atoms with van der Waals surface area (Å²) in [4.78, 5) is 7.35. The highest BCUT2D eigenvalue weighted by molar-refractivity contribution is 5.43. The summed E-state index contributed by atoms with van der Waals surface area (Å²) in [7, 11) is 1.67. The van der Waals surface area contributed by atoms with E-state index in [1.807, 2.05) is 6.07 Å². The van der Waals surface area contributed by atoms with Crippen LogP contribution < -0.4 is 9.47 Å². The molecule has 1 saturated carbocycles. The summed E-state index contributed by atoms with van der Waals surface area (Å²) in [6.07, 6.45) is 2.33. The smallest absolute Gasteiger partial charge is 0.161 e. The van der Waals surface area contributed by atoms with Gasteiger partial charge in [0, 0.05) is 58.9 Å². The van der Waals surface area contributed by atoms with Gasteiger partial charge in [-0.05, 0) is 36.5 Å². The molecule has 0 amide bonds. The first-order chi connectivity index (χ1) is 14.7. The monoisotopic (exact) mass is 419 g/mol. The summed E-state index contributed by atoms with van der Waals surface area (Å²) in [5.74, 6) is 2.40. The molecular weight excluding hydrogens is 382 g/mol. The van der Waals surface area contributed by atoms with Crippen molar-refractivity contribution < 1.29 is 19.3 Å². The number of hydrogen-bond donors (Lipinski definition) is 1. The summed E-state index contributed by atoms with van der Waals surface area (Å²) >= 11 is 0. The number of benzene rings is 1. The van der Waals surface area contributed by atoms with Crippen LogP contribution in [0.4, 0.5) is 0 Å². The SMILES string of the molecule is COc1cc(CN2CCN(CC3CC3)CC2)ccc1OCC(O)CN1CCOCC1. The number of methoxy groups -OCH3 is 1. The minimum absolute atomic E-state index is 0.260. The number of β-amino-alcohol motifs (C(OH)–C–C–N with tert-alkyl or cyclic N) is 1. The van der Waals surface area contributed by atoms with E-state index < -0.39 is 6.10 Å². The molecule has 1 unspecified atom stereocenters. The van der Waals surface area contributed by atoms with Crippen LogP contribution in [0.5, 0.6) is 11.5 Å². The Morgan fingerprint density at radius 3 is 2.43 bits per heavy atom. The molecule has 1 aromatic carbocycles. The molecule has 3 fully saturated rings. The molecule has 0 spiro atoms. The Kier molecular flexibility index (Phi) is 7.84. The van der Waals surface area contributed by atoms with Gasteiger partial charge in [0.2, 0.25) is 0 Å². The number of aliphatic hydroxyl groups is 1. The van der Waals surface area contributed by atoms with Crippen molar-refractivity contribution in [1.82, 2.24) is 14.7 Å². The molecule has 3 aliphatic rings. The molecule has 7 nitrogen and oxygen atoms in total. The van der Waals surface area contributed by atoms with Crippen LogP contribution in [0.15, 0.2) is 18.2 Å². The number of ether oxygens (including phenoxy) is 3. The summed E-state index contributed by atoms with van der Waals surface area (Å²) < 4.78 is 16.8. The van der Waals surface area contributed by atoms with Crippen LogP contribution in [0, 0.1) is 5.92 Å². The minimum atomic E-state index is -0.528. The van der Waals surface area contributed by atoms with Gasteiger partial charge in [0.05, 0.1) is 20.3 Å². The van der Waals surface area contributed by atoms with E-state index in [1.165, 1.54) is 38.0 Å². The number of nitrogens with zero attached hydrogens (tertiary/aromatic N) is 3. The number of aliphatic hydroxyl groups excluding tert-OH is 1. The second-order valence-corrected chi connectivity index (χ2v) is 8.88. The van der Waals surface area contributed by atoms with Crippen LogP contribution in [0.3, 0.4) is 0 Å². The van der Waals surface area contributed by atoms with Gasteiger partial charge in [0.1, 0.15) is 12.7 Å². The molecule has 2 heterocycles. The number of hydrogen-bond acceptors (Lipinski definition) is 7. The molecule has 1 aromatic rings. The van der Waals surface area contributed by atoms with Crippen LogP contribution in [0.1, 0.15) is 18.4 Å². The first-order valence-electron chi connectivity index (χ1n) is 11.4. The normalized spacial score (nSPS) is 22.7. The predicted octanol–water partition coefficient (Wildman–Crippen LogP) is 1.29. The van der Waals surface area contributed by atoms with Crippen molar-refractivity contribution in [3.63, 3.8) is 0 Å². The van der Waals surface area contributed by atoms with Crippen molar-refractivity contribution in [3.8, 4) is 11.5 Å². The Labute approximate surface area is 180 Å². The molecule has 1 N–H and O–H groups in total. The van der Waals surface area contributed by atoms with Crippen molar-refractivity contribution in [2.45, 2.75) is 25.5 Å². The maximum Gasteiger partial charge on any atom is 0.161 e. The van der Waals surface area contributed by atoms with E-state index in [0.29, 0.717) is 12.3 Å². The largest absolute Gasteiger partial charge is 0.493 e. The first-order valence-corrected chi connectivity index (χ1v) is 11.4. The van der Waals surface area contributed by atoms with Crippen LogP contribution in [0.25, 0.3) is 0 Å². The maximum atomic E-state index is 10.3. The second kappa shape index (κ2) is 10.8. The molecule has 2 saturated heterocycles. The fourth-order valence-corrected chi connectivity index (χ4v) is 4.30. The van der Waals surface area contributed by atoms with Crippen LogP contribution >= 0.6 is 0 Å². The lowest BCUT2D eigenvalue weighted by Gasteiger charge is -2.34. The molecule has 0 bridgehead atoms. The average Bonchev–Trinajstić information content (AvgIpc) is 3.59. The molecule has 1 atom stereocenters. The molecule has 2 aliphatic heterocycles. The highest BCUT2D eigenvalue weighted by atomic mass is 16.5. The van der Waals surface area contributed by atoms with Crippen molar-refractivity contribution >= 4 is 0 Å². The lowest BCUT2D eigenvalue weighted by molar-refractivity contribution is 0.00445. The summed E-state index contributed by atoms with van der Waals surface area (Å²) in [5.41, 5.74) is 1.24. The van der Waals surface area contributed by atoms with Gasteiger partial charge < -0.3 is 24.2 Å². The van der Waals surface area contributed by atoms with Gasteiger partial charge in [-0.1, -0.05) is 6.07 Å². The van der Waals surface area contributed by atoms with Gasteiger partial charge in [-0.15, -0.1) is 0 Å². The lowest BCUT2D eigenvalue weighted by Crippen LogP contribution is -2.46. The average molecular weight is 420 g/mol. The molecule has 0 radical (unpaired) electrons. The van der Waals surface area contributed by atoms with Gasteiger partial charge in [0.15, 0.2) is 11.5 Å². The topological polar surface area (TPSA) is 57.6 Å². The quantitative estimate of drug-likeness (QED) is 0.613. The van der Waals surface area contributed by atoms with Gasteiger partial charge in [-0.2, -0.15) is 0 Å². The molecule has 4 rings (SSSR count). The second-order valence-electron chi connectivity index (χ2n) is 8.88. The molecule has 30 heavy (non-hydrogen) atoms. The standard InChI is InChI=1S/C23H37N3O4/c1-28-23-14-20(16-25-8-6-24(7-9-25)15-19-2-3-19)4-5-22(23)30-18-21(27)17-26-10-12-29-13-11-26/h4-5,14,19,21,27H,2-3,6-13,15-18H2,1H3. The van der Waals surface area contributed by atoms with Crippen molar-refractivity contribution in [2.75, 3.05) is 79.3 Å². The highest BCUT2D eigenvalue weighted by Crippen LogP contribution is 2.31. The third-order valence-electron chi connectivity index (χ3n) is 6.32. The van der Waals surface area contributed by atoms with E-state index in [2.05, 4.69) is 26.8 Å². The summed E-state index contributed by atoms with van der Waals surface area (Å²) in [5, 5.41) is 10.3. The van der Waals surface area contributed by atoms with E-state index in [1.54, 1.807) is 7.11 Å². The third kappa shape index (κ3) is 6.56. The van der Waals surface area contributed by atoms with Crippen molar-refractivity contribution in [1.29, 1.82) is 0 Å². The van der Waals surface area contributed by atoms with Crippen LogP contribution in [-0.4, -0.2) is 105 Å². The lowest BCUT2D eigenvalue weighted by atomic mass is 10.1. The Morgan fingerprint density at radius 2 is 1.73 bits per heavy atom. The van der Waals surface area contributed by atoms with E-state index in [9.17, 15) is 5.11 Å². The van der Waals surface area contributed by atoms with Crippen molar-refractivity contribution in [2.24, 2.45) is 5.92 Å². The molecular formula is C23H37N3O4. The van der Waals surface area contributed by atoms with Crippen LogP contribution in [0.2, 0.25) is 0 Å².